The van der Waals surface area contributed by atoms with E-state index in [4.69, 9.17) is 0 Å². The van der Waals surface area contributed by atoms with E-state index >= 15 is 4.39 Å². The fraction of sp³-hybridized carbons (Fsp3) is 0.684. The van der Waals surface area contributed by atoms with E-state index in [0.29, 0.717) is 19.3 Å². The molecule has 6 heteroatoms. The molecule has 0 aliphatic heterocycles. The maximum atomic E-state index is 15.4. The average molecular weight is 364 g/mol. The van der Waals surface area contributed by atoms with Gasteiger partial charge in [0.25, 0.3) is 5.92 Å². The Labute approximate surface area is 143 Å². The molecule has 0 saturated heterocycles. The van der Waals surface area contributed by atoms with Gasteiger partial charge in [-0.05, 0) is 61.1 Å². The number of halogens is 6. The van der Waals surface area contributed by atoms with E-state index in [9.17, 15) is 22.0 Å². The van der Waals surface area contributed by atoms with Gasteiger partial charge in [-0.15, -0.1) is 0 Å². The van der Waals surface area contributed by atoms with Gasteiger partial charge < -0.3 is 0 Å². The molecule has 2 fully saturated rings. The molecule has 0 aromatic heterocycles. The Kier molecular flexibility index (Phi) is 4.84. The summed E-state index contributed by atoms with van der Waals surface area (Å²) in [7, 11) is 0. The molecule has 0 radical (unpaired) electrons. The molecule has 1 aromatic rings. The standard InChI is InChI=1S/C19H22F6/c1-2-3-11-4-5-14-6-13(10-18(14,23)19(24,25)9-11)12-7-15(20)17(22)16(21)8-12/h7-8,11,13-14H,2-6,9-10H2,1H3. The molecule has 25 heavy (non-hydrogen) atoms. The van der Waals surface area contributed by atoms with Crippen LogP contribution in [0.3, 0.4) is 0 Å². The van der Waals surface area contributed by atoms with Crippen molar-refractivity contribution in [3.05, 3.63) is 35.1 Å². The Morgan fingerprint density at radius 1 is 1.00 bits per heavy atom. The largest absolute Gasteiger partial charge is 0.282 e. The van der Waals surface area contributed by atoms with Gasteiger partial charge in [-0.1, -0.05) is 19.8 Å². The third-order valence-corrected chi connectivity index (χ3v) is 6.01. The third-order valence-electron chi connectivity index (χ3n) is 6.01. The van der Waals surface area contributed by atoms with Crippen LogP contribution < -0.4 is 0 Å². The molecule has 3 rings (SSSR count). The summed E-state index contributed by atoms with van der Waals surface area (Å²) < 4.78 is 84.9. The van der Waals surface area contributed by atoms with Crippen LogP contribution in [0.2, 0.25) is 0 Å². The highest BCUT2D eigenvalue weighted by atomic mass is 19.3. The second-order valence-corrected chi connectivity index (χ2v) is 7.64. The minimum absolute atomic E-state index is 0.0578. The zero-order valence-electron chi connectivity index (χ0n) is 14.1. The minimum Gasteiger partial charge on any atom is -0.237 e. The first-order valence-electron chi connectivity index (χ1n) is 8.89. The molecule has 0 N–H and O–H groups in total. The highest BCUT2D eigenvalue weighted by molar-refractivity contribution is 5.27. The average Bonchev–Trinajstić information content (AvgIpc) is 2.84. The van der Waals surface area contributed by atoms with Crippen molar-refractivity contribution in [2.24, 2.45) is 11.8 Å². The van der Waals surface area contributed by atoms with Gasteiger partial charge in [-0.3, -0.25) is 0 Å². The van der Waals surface area contributed by atoms with Gasteiger partial charge in [-0.2, -0.15) is 0 Å². The fourth-order valence-electron chi connectivity index (χ4n) is 4.72. The Balaban J connectivity index is 1.87. The van der Waals surface area contributed by atoms with E-state index in [-0.39, 0.29) is 17.9 Å². The van der Waals surface area contributed by atoms with Gasteiger partial charge >= 0.3 is 0 Å². The molecule has 2 aliphatic carbocycles. The zero-order valence-corrected chi connectivity index (χ0v) is 14.1. The van der Waals surface area contributed by atoms with Crippen molar-refractivity contribution < 1.29 is 26.3 Å². The lowest BCUT2D eigenvalue weighted by Crippen LogP contribution is -2.46. The molecule has 0 bridgehead atoms. The van der Waals surface area contributed by atoms with E-state index in [1.807, 2.05) is 6.92 Å². The Hall–Kier alpha value is -1.20. The van der Waals surface area contributed by atoms with Gasteiger partial charge in [0.15, 0.2) is 23.1 Å². The molecule has 0 amide bonds. The molecule has 140 valence electrons. The number of fused-ring (bicyclic) bond motifs is 1. The molecule has 0 nitrogen and oxygen atoms in total. The van der Waals surface area contributed by atoms with E-state index in [1.54, 1.807) is 0 Å². The first-order valence-corrected chi connectivity index (χ1v) is 8.89. The number of rotatable bonds is 3. The lowest BCUT2D eigenvalue weighted by atomic mass is 9.84. The van der Waals surface area contributed by atoms with Crippen LogP contribution in [0.4, 0.5) is 26.3 Å². The third kappa shape index (κ3) is 3.17. The predicted molar refractivity (Wildman–Crippen MR) is 82.8 cm³/mol. The summed E-state index contributed by atoms with van der Waals surface area (Å²) in [5, 5.41) is 0. The highest BCUT2D eigenvalue weighted by Crippen LogP contribution is 2.59. The minimum atomic E-state index is -3.46. The van der Waals surface area contributed by atoms with Crippen molar-refractivity contribution in [3.8, 4) is 0 Å². The molecule has 2 aliphatic rings. The summed E-state index contributed by atoms with van der Waals surface area (Å²) in [5.74, 6) is -9.57. The van der Waals surface area contributed by atoms with Crippen LogP contribution in [-0.4, -0.2) is 11.6 Å². The Morgan fingerprint density at radius 3 is 2.24 bits per heavy atom. The molecular formula is C19H22F6. The summed E-state index contributed by atoms with van der Waals surface area (Å²) in [6, 6.07) is 1.60. The summed E-state index contributed by atoms with van der Waals surface area (Å²) in [4.78, 5) is 0. The van der Waals surface area contributed by atoms with Crippen molar-refractivity contribution in [1.82, 2.24) is 0 Å². The van der Waals surface area contributed by atoms with Crippen LogP contribution in [0, 0.1) is 29.3 Å². The maximum absolute atomic E-state index is 15.4. The predicted octanol–water partition coefficient (Wildman–Crippen LogP) is 6.54. The molecule has 4 atom stereocenters. The lowest BCUT2D eigenvalue weighted by Gasteiger charge is -2.33. The van der Waals surface area contributed by atoms with Crippen molar-refractivity contribution in [2.75, 3.05) is 0 Å². The molecular weight excluding hydrogens is 342 g/mol. The highest BCUT2D eigenvalue weighted by Gasteiger charge is 2.64. The Bertz CT molecular complexity index is 620. The van der Waals surface area contributed by atoms with Crippen LogP contribution in [0.15, 0.2) is 12.1 Å². The van der Waals surface area contributed by atoms with Crippen molar-refractivity contribution >= 4 is 0 Å². The van der Waals surface area contributed by atoms with Gasteiger partial charge in [0.05, 0.1) is 0 Å². The maximum Gasteiger partial charge on any atom is 0.282 e. The zero-order chi connectivity index (χ0) is 18.4. The number of hydrogen-bond acceptors (Lipinski definition) is 0. The van der Waals surface area contributed by atoms with E-state index < -0.39 is 53.7 Å². The van der Waals surface area contributed by atoms with Gasteiger partial charge in [0.2, 0.25) is 0 Å². The Morgan fingerprint density at radius 2 is 1.64 bits per heavy atom. The van der Waals surface area contributed by atoms with Crippen LogP contribution >= 0.6 is 0 Å². The van der Waals surface area contributed by atoms with E-state index in [2.05, 4.69) is 0 Å². The first kappa shape index (κ1) is 18.6. The molecule has 4 unspecified atom stereocenters. The van der Waals surface area contributed by atoms with Crippen molar-refractivity contribution in [1.29, 1.82) is 0 Å². The summed E-state index contributed by atoms with van der Waals surface area (Å²) in [5.41, 5.74) is -2.61. The topological polar surface area (TPSA) is 0 Å². The van der Waals surface area contributed by atoms with E-state index in [1.165, 1.54) is 0 Å². The number of benzene rings is 1. The van der Waals surface area contributed by atoms with Crippen LogP contribution in [0.25, 0.3) is 0 Å². The van der Waals surface area contributed by atoms with Gasteiger partial charge in [0, 0.05) is 6.42 Å². The van der Waals surface area contributed by atoms with Crippen molar-refractivity contribution in [2.45, 2.75) is 69.4 Å². The molecule has 1 aromatic carbocycles. The van der Waals surface area contributed by atoms with Crippen LogP contribution in [-0.2, 0) is 0 Å². The second kappa shape index (κ2) is 6.51. The summed E-state index contributed by atoms with van der Waals surface area (Å²) >= 11 is 0. The molecule has 0 heterocycles. The number of alkyl halides is 3. The SMILES string of the molecule is CCCC1CCC2CC(c3cc(F)c(F)c(F)c3)CC2(F)C(F)(F)C1. The molecule has 0 spiro atoms. The first-order chi connectivity index (χ1) is 11.7. The van der Waals surface area contributed by atoms with Gasteiger partial charge in [0.1, 0.15) is 0 Å². The van der Waals surface area contributed by atoms with E-state index in [0.717, 1.165) is 18.6 Å². The fourth-order valence-corrected chi connectivity index (χ4v) is 4.72. The van der Waals surface area contributed by atoms with Crippen LogP contribution in [0.5, 0.6) is 0 Å². The van der Waals surface area contributed by atoms with Crippen molar-refractivity contribution in [3.63, 3.8) is 0 Å². The second-order valence-electron chi connectivity index (χ2n) is 7.64. The molecule has 2 saturated carbocycles. The van der Waals surface area contributed by atoms with Gasteiger partial charge in [-0.25, -0.2) is 26.3 Å². The quantitative estimate of drug-likeness (QED) is 0.422. The summed E-state index contributed by atoms with van der Waals surface area (Å²) in [6.07, 6.45) is 1.46. The number of hydrogen-bond donors (Lipinski definition) is 0. The summed E-state index contributed by atoms with van der Waals surface area (Å²) in [6.45, 7) is 1.92. The normalized spacial score (nSPS) is 34.6. The lowest BCUT2D eigenvalue weighted by molar-refractivity contribution is -0.159. The monoisotopic (exact) mass is 364 g/mol. The smallest absolute Gasteiger partial charge is 0.237 e. The van der Waals surface area contributed by atoms with Crippen LogP contribution in [0.1, 0.15) is 63.4 Å².